The first-order valence-corrected chi connectivity index (χ1v) is 9.04. The van der Waals surface area contributed by atoms with E-state index in [1.807, 2.05) is 30.5 Å². The Balaban J connectivity index is 1.94. The van der Waals surface area contributed by atoms with E-state index >= 15 is 0 Å². The van der Waals surface area contributed by atoms with Gasteiger partial charge >= 0.3 is 5.97 Å². The lowest BCUT2D eigenvalue weighted by atomic mass is 10.1. The van der Waals surface area contributed by atoms with Crippen LogP contribution in [0.15, 0.2) is 53.4 Å². The summed E-state index contributed by atoms with van der Waals surface area (Å²) in [5, 5.41) is 0. The summed E-state index contributed by atoms with van der Waals surface area (Å²) in [5.74, 6) is 0.0102. The van der Waals surface area contributed by atoms with Crippen LogP contribution in [0.5, 0.6) is 11.5 Å². The third kappa shape index (κ3) is 5.39. The minimum Gasteiger partial charge on any atom is -0.497 e. The van der Waals surface area contributed by atoms with Crippen LogP contribution < -0.4 is 9.47 Å². The lowest BCUT2D eigenvalue weighted by Gasteiger charge is -2.09. The molecule has 0 aliphatic carbocycles. The number of carbonyl (C=O) groups excluding carboxylic acids is 2. The molecule has 0 bridgehead atoms. The summed E-state index contributed by atoms with van der Waals surface area (Å²) >= 11 is 1.65. The summed E-state index contributed by atoms with van der Waals surface area (Å²) in [6, 6.07) is 12.6. The first-order chi connectivity index (χ1) is 12.6. The van der Waals surface area contributed by atoms with E-state index in [0.29, 0.717) is 17.1 Å². The fourth-order valence-corrected chi connectivity index (χ4v) is 2.58. The van der Waals surface area contributed by atoms with Crippen LogP contribution >= 0.6 is 11.8 Å². The van der Waals surface area contributed by atoms with E-state index in [-0.39, 0.29) is 12.4 Å². The van der Waals surface area contributed by atoms with Gasteiger partial charge in [-0.1, -0.05) is 12.1 Å². The largest absolute Gasteiger partial charge is 0.497 e. The molecule has 5 nitrogen and oxygen atoms in total. The number of ketones is 1. The molecule has 2 rings (SSSR count). The molecule has 0 atom stereocenters. The van der Waals surface area contributed by atoms with Crippen LogP contribution in [0, 0.1) is 0 Å². The second-order valence-electron chi connectivity index (χ2n) is 5.20. The summed E-state index contributed by atoms with van der Waals surface area (Å²) in [4.78, 5) is 25.2. The van der Waals surface area contributed by atoms with Crippen molar-refractivity contribution in [1.29, 1.82) is 0 Å². The van der Waals surface area contributed by atoms with E-state index in [2.05, 4.69) is 0 Å². The van der Waals surface area contributed by atoms with Crippen LogP contribution in [0.2, 0.25) is 0 Å². The van der Waals surface area contributed by atoms with Gasteiger partial charge in [-0.15, -0.1) is 11.8 Å². The van der Waals surface area contributed by atoms with Gasteiger partial charge in [0.05, 0.1) is 19.8 Å². The molecule has 0 amide bonds. The number of benzene rings is 2. The molecule has 0 spiro atoms. The predicted molar refractivity (Wildman–Crippen MR) is 102 cm³/mol. The van der Waals surface area contributed by atoms with Crippen molar-refractivity contribution in [1.82, 2.24) is 0 Å². The second kappa shape index (κ2) is 9.68. The van der Waals surface area contributed by atoms with Gasteiger partial charge in [0.1, 0.15) is 11.5 Å². The molecular weight excluding hydrogens is 352 g/mol. The molecular formula is C20H20O5S. The Morgan fingerprint density at radius 1 is 1.04 bits per heavy atom. The van der Waals surface area contributed by atoms with Crippen molar-refractivity contribution >= 4 is 29.6 Å². The number of carbonyl (C=O) groups is 2. The van der Waals surface area contributed by atoms with Gasteiger partial charge in [0.2, 0.25) is 5.78 Å². The Morgan fingerprint density at radius 3 is 2.38 bits per heavy atom. The van der Waals surface area contributed by atoms with Crippen molar-refractivity contribution < 1.29 is 23.8 Å². The van der Waals surface area contributed by atoms with Gasteiger partial charge in [-0.2, -0.15) is 0 Å². The molecule has 0 aliphatic heterocycles. The average molecular weight is 372 g/mol. The Labute approximate surface area is 157 Å². The monoisotopic (exact) mass is 372 g/mol. The SMILES string of the molecule is COc1ccc(C(=O)COC(=O)C=Cc2ccc(SC)cc2)c(OC)c1. The van der Waals surface area contributed by atoms with Crippen molar-refractivity contribution in [2.45, 2.75) is 4.90 Å². The van der Waals surface area contributed by atoms with E-state index in [1.54, 1.807) is 36.0 Å². The molecule has 0 radical (unpaired) electrons. The van der Waals surface area contributed by atoms with Crippen molar-refractivity contribution in [3.63, 3.8) is 0 Å². The molecule has 2 aromatic carbocycles. The van der Waals surface area contributed by atoms with Gasteiger partial charge < -0.3 is 14.2 Å². The van der Waals surface area contributed by atoms with E-state index in [9.17, 15) is 9.59 Å². The first-order valence-electron chi connectivity index (χ1n) is 7.81. The number of hydrogen-bond donors (Lipinski definition) is 0. The summed E-state index contributed by atoms with van der Waals surface area (Å²) in [5.41, 5.74) is 1.21. The maximum Gasteiger partial charge on any atom is 0.331 e. The highest BCUT2D eigenvalue weighted by Gasteiger charge is 2.14. The molecule has 0 N–H and O–H groups in total. The molecule has 26 heavy (non-hydrogen) atoms. The van der Waals surface area contributed by atoms with Crippen LogP contribution in [0.3, 0.4) is 0 Å². The van der Waals surface area contributed by atoms with Gasteiger partial charge in [-0.05, 0) is 42.2 Å². The summed E-state index contributed by atoms with van der Waals surface area (Å²) in [7, 11) is 2.99. The molecule has 0 unspecified atom stereocenters. The van der Waals surface area contributed by atoms with E-state index in [1.165, 1.54) is 20.3 Å². The molecule has 2 aromatic rings. The summed E-state index contributed by atoms with van der Waals surface area (Å²) in [6.45, 7) is -0.364. The third-order valence-electron chi connectivity index (χ3n) is 3.58. The highest BCUT2D eigenvalue weighted by molar-refractivity contribution is 7.98. The van der Waals surface area contributed by atoms with Crippen LogP contribution in [0.1, 0.15) is 15.9 Å². The summed E-state index contributed by atoms with van der Waals surface area (Å²) < 4.78 is 15.3. The van der Waals surface area contributed by atoms with Crippen molar-refractivity contribution in [3.8, 4) is 11.5 Å². The molecule has 0 heterocycles. The Hall–Kier alpha value is -2.73. The molecule has 6 heteroatoms. The zero-order valence-electron chi connectivity index (χ0n) is 14.9. The average Bonchev–Trinajstić information content (AvgIpc) is 2.70. The maximum atomic E-state index is 12.2. The van der Waals surface area contributed by atoms with Gasteiger partial charge in [0.25, 0.3) is 0 Å². The predicted octanol–water partition coefficient (Wildman–Crippen LogP) is 3.87. The Bertz CT molecular complexity index is 796. The van der Waals surface area contributed by atoms with Crippen molar-refractivity contribution in [2.75, 3.05) is 27.1 Å². The fourth-order valence-electron chi connectivity index (χ4n) is 2.17. The molecule has 0 saturated heterocycles. The van der Waals surface area contributed by atoms with Crippen LogP contribution in [0.4, 0.5) is 0 Å². The molecule has 0 aliphatic rings. The van der Waals surface area contributed by atoms with E-state index in [0.717, 1.165) is 10.5 Å². The smallest absolute Gasteiger partial charge is 0.331 e. The molecule has 0 aromatic heterocycles. The first kappa shape index (κ1) is 19.6. The third-order valence-corrected chi connectivity index (χ3v) is 4.33. The van der Waals surface area contributed by atoms with Crippen molar-refractivity contribution in [3.05, 3.63) is 59.7 Å². The highest BCUT2D eigenvalue weighted by atomic mass is 32.2. The number of methoxy groups -OCH3 is 2. The zero-order valence-corrected chi connectivity index (χ0v) is 15.7. The zero-order chi connectivity index (χ0) is 18.9. The Kier molecular flexibility index (Phi) is 7.29. The summed E-state index contributed by atoms with van der Waals surface area (Å²) in [6.07, 6.45) is 4.94. The number of ether oxygens (including phenoxy) is 3. The molecule has 0 fully saturated rings. The maximum absolute atomic E-state index is 12.2. The Morgan fingerprint density at radius 2 is 1.77 bits per heavy atom. The fraction of sp³-hybridized carbons (Fsp3) is 0.200. The molecule has 136 valence electrons. The highest BCUT2D eigenvalue weighted by Crippen LogP contribution is 2.25. The normalized spacial score (nSPS) is 10.6. The number of thioether (sulfide) groups is 1. The topological polar surface area (TPSA) is 61.8 Å². The minimum atomic E-state index is -0.584. The number of esters is 1. The minimum absolute atomic E-state index is 0.331. The van der Waals surface area contributed by atoms with Crippen LogP contribution in [0.25, 0.3) is 6.08 Å². The number of rotatable bonds is 8. The van der Waals surface area contributed by atoms with Crippen LogP contribution in [-0.4, -0.2) is 38.8 Å². The number of Topliss-reactive ketones (excluding diaryl/α,β-unsaturated/α-hetero) is 1. The lowest BCUT2D eigenvalue weighted by molar-refractivity contribution is -0.136. The van der Waals surface area contributed by atoms with Gasteiger partial charge in [0, 0.05) is 17.0 Å². The second-order valence-corrected chi connectivity index (χ2v) is 6.08. The van der Waals surface area contributed by atoms with Crippen molar-refractivity contribution in [2.24, 2.45) is 0 Å². The molecule has 0 saturated carbocycles. The lowest BCUT2D eigenvalue weighted by Crippen LogP contribution is -2.13. The van der Waals surface area contributed by atoms with E-state index in [4.69, 9.17) is 14.2 Å². The van der Waals surface area contributed by atoms with Gasteiger partial charge in [0.15, 0.2) is 6.61 Å². The quantitative estimate of drug-likeness (QED) is 0.303. The number of hydrogen-bond acceptors (Lipinski definition) is 6. The van der Waals surface area contributed by atoms with Crippen LogP contribution in [-0.2, 0) is 9.53 Å². The van der Waals surface area contributed by atoms with Gasteiger partial charge in [-0.3, -0.25) is 4.79 Å². The standard InChI is InChI=1S/C20H20O5S/c1-23-15-7-10-17(19(12-15)24-2)18(21)13-25-20(22)11-6-14-4-8-16(26-3)9-5-14/h4-12H,13H2,1-3H3. The van der Waals surface area contributed by atoms with E-state index < -0.39 is 5.97 Å². The van der Waals surface area contributed by atoms with Gasteiger partial charge in [-0.25, -0.2) is 4.79 Å².